The van der Waals surface area contributed by atoms with Crippen molar-refractivity contribution < 1.29 is 19.1 Å². The van der Waals surface area contributed by atoms with Crippen LogP contribution in [0, 0.1) is 6.92 Å². The van der Waals surface area contributed by atoms with Crippen molar-refractivity contribution in [1.29, 1.82) is 0 Å². The average Bonchev–Trinajstić information content (AvgIpc) is 3.38. The van der Waals surface area contributed by atoms with Crippen molar-refractivity contribution >= 4 is 41.0 Å². The van der Waals surface area contributed by atoms with Gasteiger partial charge in [0.2, 0.25) is 0 Å². The van der Waals surface area contributed by atoms with Crippen molar-refractivity contribution in [3.63, 3.8) is 0 Å². The third-order valence-corrected chi connectivity index (χ3v) is 8.71. The number of amides is 3. The van der Waals surface area contributed by atoms with Crippen LogP contribution in [-0.2, 0) is 4.74 Å². The normalized spacial score (nSPS) is 16.9. The van der Waals surface area contributed by atoms with Gasteiger partial charge in [-0.2, -0.15) is 0 Å². The van der Waals surface area contributed by atoms with E-state index >= 15 is 0 Å². The lowest BCUT2D eigenvalue weighted by atomic mass is 9.89. The standard InChI is InChI=1S/C25H32N4O4S2/c1-4-33-25(32)29-15-13-28(14-16-29)23(30)19-6-5-17(2)26-22(19)18-9-11-27(12-10-18)24(31)20-7-8-21(34-3)35-20/h5-8,18H,4,9-16H2,1-3H3. The van der Waals surface area contributed by atoms with Crippen molar-refractivity contribution in [1.82, 2.24) is 19.7 Å². The predicted molar refractivity (Wildman–Crippen MR) is 137 cm³/mol. The van der Waals surface area contributed by atoms with Gasteiger partial charge in [0.25, 0.3) is 11.8 Å². The lowest BCUT2D eigenvalue weighted by Crippen LogP contribution is -2.51. The van der Waals surface area contributed by atoms with Gasteiger partial charge in [-0.3, -0.25) is 14.6 Å². The molecule has 0 saturated carbocycles. The molecule has 2 aliphatic rings. The highest BCUT2D eigenvalue weighted by Gasteiger charge is 2.31. The third kappa shape index (κ3) is 5.81. The van der Waals surface area contributed by atoms with Gasteiger partial charge in [-0.25, -0.2) is 4.79 Å². The first-order valence-electron chi connectivity index (χ1n) is 12.0. The second-order valence-corrected chi connectivity index (χ2v) is 10.9. The maximum Gasteiger partial charge on any atom is 0.409 e. The fourth-order valence-electron chi connectivity index (χ4n) is 4.60. The van der Waals surface area contributed by atoms with Crippen LogP contribution >= 0.6 is 23.1 Å². The number of thiophene rings is 1. The van der Waals surface area contributed by atoms with Gasteiger partial charge in [0.15, 0.2) is 0 Å². The van der Waals surface area contributed by atoms with Gasteiger partial charge < -0.3 is 19.4 Å². The summed E-state index contributed by atoms with van der Waals surface area (Å²) in [7, 11) is 0. The Morgan fingerprint density at radius 1 is 0.971 bits per heavy atom. The fourth-order valence-corrected chi connectivity index (χ4v) is 6.11. The van der Waals surface area contributed by atoms with E-state index in [0.717, 1.165) is 33.3 Å². The number of carbonyl (C=O) groups is 3. The van der Waals surface area contributed by atoms with Crippen LogP contribution in [0.25, 0.3) is 0 Å². The Bertz CT molecular complexity index is 1070. The van der Waals surface area contributed by atoms with E-state index in [4.69, 9.17) is 9.72 Å². The minimum absolute atomic E-state index is 0.0438. The largest absolute Gasteiger partial charge is 0.450 e. The number of rotatable bonds is 5. The zero-order valence-corrected chi connectivity index (χ0v) is 22.1. The van der Waals surface area contributed by atoms with Gasteiger partial charge in [-0.1, -0.05) is 0 Å². The van der Waals surface area contributed by atoms with Crippen LogP contribution in [0.4, 0.5) is 4.79 Å². The highest BCUT2D eigenvalue weighted by molar-refractivity contribution is 8.00. The molecule has 2 aromatic rings. The SMILES string of the molecule is CCOC(=O)N1CCN(C(=O)c2ccc(C)nc2C2CCN(C(=O)c3ccc(SC)s3)CC2)CC1. The summed E-state index contributed by atoms with van der Waals surface area (Å²) in [6.07, 6.45) is 3.24. The molecule has 0 aromatic carbocycles. The van der Waals surface area contributed by atoms with Gasteiger partial charge in [0.1, 0.15) is 0 Å². The van der Waals surface area contributed by atoms with Crippen molar-refractivity contribution in [2.45, 2.75) is 36.8 Å². The summed E-state index contributed by atoms with van der Waals surface area (Å²) in [4.78, 5) is 49.3. The lowest BCUT2D eigenvalue weighted by molar-refractivity contribution is 0.0567. The molecule has 3 amide bonds. The molecule has 0 unspecified atom stereocenters. The molecule has 0 spiro atoms. The first-order chi connectivity index (χ1) is 16.9. The lowest BCUT2D eigenvalue weighted by Gasteiger charge is -2.35. The number of likely N-dealkylation sites (tertiary alicyclic amines) is 1. The molecule has 0 radical (unpaired) electrons. The van der Waals surface area contributed by atoms with Crippen LogP contribution in [0.1, 0.15) is 57.1 Å². The smallest absolute Gasteiger partial charge is 0.409 e. The summed E-state index contributed by atoms with van der Waals surface area (Å²) in [5, 5.41) is 0. The second kappa shape index (κ2) is 11.4. The van der Waals surface area contributed by atoms with Gasteiger partial charge in [0, 0.05) is 50.9 Å². The van der Waals surface area contributed by atoms with E-state index in [0.29, 0.717) is 51.4 Å². The maximum atomic E-state index is 13.5. The van der Waals surface area contributed by atoms with Crippen molar-refractivity contribution in [2.24, 2.45) is 0 Å². The van der Waals surface area contributed by atoms with Crippen LogP contribution in [0.5, 0.6) is 0 Å². The van der Waals surface area contributed by atoms with E-state index in [1.807, 2.05) is 42.3 Å². The molecule has 2 saturated heterocycles. The maximum absolute atomic E-state index is 13.5. The minimum Gasteiger partial charge on any atom is -0.450 e. The number of thioether (sulfide) groups is 1. The Morgan fingerprint density at radius 2 is 1.63 bits per heavy atom. The van der Waals surface area contributed by atoms with Gasteiger partial charge in [-0.15, -0.1) is 23.1 Å². The van der Waals surface area contributed by atoms with Crippen molar-refractivity contribution in [2.75, 3.05) is 52.1 Å². The molecule has 0 bridgehead atoms. The quantitative estimate of drug-likeness (QED) is 0.557. The second-order valence-electron chi connectivity index (χ2n) is 8.75. The molecule has 8 nitrogen and oxygen atoms in total. The van der Waals surface area contributed by atoms with Gasteiger partial charge >= 0.3 is 6.09 Å². The van der Waals surface area contributed by atoms with Crippen molar-refractivity contribution in [3.8, 4) is 0 Å². The topological polar surface area (TPSA) is 83.1 Å². The first kappa shape index (κ1) is 25.5. The summed E-state index contributed by atoms with van der Waals surface area (Å²) in [5.41, 5.74) is 2.34. The Kier molecular flexibility index (Phi) is 8.33. The summed E-state index contributed by atoms with van der Waals surface area (Å²) < 4.78 is 6.22. The Labute approximate surface area is 214 Å². The number of hydrogen-bond donors (Lipinski definition) is 0. The van der Waals surface area contributed by atoms with Crippen molar-refractivity contribution in [3.05, 3.63) is 46.1 Å². The predicted octanol–water partition coefficient (Wildman–Crippen LogP) is 4.11. The molecule has 4 heterocycles. The van der Waals surface area contributed by atoms with E-state index < -0.39 is 0 Å². The highest BCUT2D eigenvalue weighted by Crippen LogP contribution is 2.32. The number of aryl methyl sites for hydroxylation is 1. The molecule has 2 fully saturated rings. The van der Waals surface area contributed by atoms with E-state index in [2.05, 4.69) is 0 Å². The minimum atomic E-state index is -0.328. The molecule has 2 aliphatic heterocycles. The summed E-state index contributed by atoms with van der Waals surface area (Å²) in [5.74, 6) is 0.170. The Balaban J connectivity index is 1.41. The summed E-state index contributed by atoms with van der Waals surface area (Å²) in [6, 6.07) is 7.66. The van der Waals surface area contributed by atoms with E-state index in [-0.39, 0.29) is 23.8 Å². The summed E-state index contributed by atoms with van der Waals surface area (Å²) in [6.45, 7) is 7.22. The van der Waals surface area contributed by atoms with Crippen LogP contribution in [0.15, 0.2) is 28.5 Å². The monoisotopic (exact) mass is 516 g/mol. The molecule has 0 N–H and O–H groups in total. The van der Waals surface area contributed by atoms with E-state index in [1.165, 1.54) is 11.3 Å². The number of ether oxygens (including phenoxy) is 1. The molecule has 10 heteroatoms. The molecular weight excluding hydrogens is 484 g/mol. The van der Waals surface area contributed by atoms with E-state index in [9.17, 15) is 14.4 Å². The van der Waals surface area contributed by atoms with Gasteiger partial charge in [-0.05, 0) is 57.2 Å². The number of hydrogen-bond acceptors (Lipinski definition) is 7. The number of carbonyl (C=O) groups excluding carboxylic acids is 3. The molecule has 35 heavy (non-hydrogen) atoms. The molecule has 0 atom stereocenters. The third-order valence-electron chi connectivity index (χ3n) is 6.55. The highest BCUT2D eigenvalue weighted by atomic mass is 32.2. The molecular formula is C25H32N4O4S2. The first-order valence-corrected chi connectivity index (χ1v) is 14.1. The number of pyridine rings is 1. The van der Waals surface area contributed by atoms with Crippen LogP contribution in [0.2, 0.25) is 0 Å². The number of aromatic nitrogens is 1. The van der Waals surface area contributed by atoms with Crippen LogP contribution in [0.3, 0.4) is 0 Å². The number of nitrogens with zero attached hydrogens (tertiary/aromatic N) is 4. The van der Waals surface area contributed by atoms with Crippen LogP contribution in [-0.4, -0.2) is 89.7 Å². The number of piperazine rings is 1. The molecule has 0 aliphatic carbocycles. The van der Waals surface area contributed by atoms with Gasteiger partial charge in [0.05, 0.1) is 27.0 Å². The van der Waals surface area contributed by atoms with Crippen LogP contribution < -0.4 is 0 Å². The summed E-state index contributed by atoms with van der Waals surface area (Å²) >= 11 is 3.19. The number of piperidine rings is 1. The fraction of sp³-hybridized carbons (Fsp3) is 0.520. The molecule has 4 rings (SSSR count). The zero-order chi connectivity index (χ0) is 24.9. The average molecular weight is 517 g/mol. The Hall–Kier alpha value is -2.59. The zero-order valence-electron chi connectivity index (χ0n) is 20.5. The molecule has 188 valence electrons. The Morgan fingerprint density at radius 3 is 2.26 bits per heavy atom. The van der Waals surface area contributed by atoms with E-state index in [1.54, 1.807) is 28.5 Å². The molecule has 2 aromatic heterocycles.